The fourth-order valence-electron chi connectivity index (χ4n) is 4.29. The van der Waals surface area contributed by atoms with E-state index in [1.807, 2.05) is 26.8 Å². The summed E-state index contributed by atoms with van der Waals surface area (Å²) in [6.07, 6.45) is 0.734. The Kier molecular flexibility index (Phi) is 10.8. The van der Waals surface area contributed by atoms with Crippen LogP contribution in [0.5, 0.6) is 11.5 Å². The van der Waals surface area contributed by atoms with Crippen LogP contribution in [0.2, 0.25) is 0 Å². The lowest BCUT2D eigenvalue weighted by Crippen LogP contribution is -2.51. The zero-order valence-electron chi connectivity index (χ0n) is 24.5. The highest BCUT2D eigenvalue weighted by Gasteiger charge is 2.34. The van der Waals surface area contributed by atoms with E-state index in [-0.39, 0.29) is 23.0 Å². The molecule has 3 rings (SSSR count). The van der Waals surface area contributed by atoms with E-state index in [0.717, 1.165) is 27.4 Å². The van der Waals surface area contributed by atoms with Crippen molar-refractivity contribution in [3.8, 4) is 11.5 Å². The Hall–Kier alpha value is -4.05. The van der Waals surface area contributed by atoms with E-state index in [2.05, 4.69) is 5.32 Å². The van der Waals surface area contributed by atoms with E-state index in [0.29, 0.717) is 18.0 Å². The van der Waals surface area contributed by atoms with Gasteiger partial charge < -0.3 is 19.7 Å². The quantitative estimate of drug-likeness (QED) is 0.320. The average molecular weight is 582 g/mol. The van der Waals surface area contributed by atoms with Crippen LogP contribution in [-0.2, 0) is 26.2 Å². The first kappa shape index (κ1) is 31.5. The van der Waals surface area contributed by atoms with Crippen LogP contribution >= 0.6 is 0 Å². The van der Waals surface area contributed by atoms with Crippen LogP contribution in [0, 0.1) is 13.8 Å². The maximum Gasteiger partial charge on any atom is 0.264 e. The van der Waals surface area contributed by atoms with Gasteiger partial charge in [-0.25, -0.2) is 8.42 Å². The number of nitrogens with zero attached hydrogens (tertiary/aromatic N) is 2. The van der Waals surface area contributed by atoms with Gasteiger partial charge >= 0.3 is 0 Å². The molecule has 0 bridgehead atoms. The summed E-state index contributed by atoms with van der Waals surface area (Å²) in [6, 6.07) is 17.9. The minimum Gasteiger partial charge on any atom is -0.497 e. The second-order valence-electron chi connectivity index (χ2n) is 9.84. The highest BCUT2D eigenvalue weighted by molar-refractivity contribution is 7.92. The Balaban J connectivity index is 2.10. The van der Waals surface area contributed by atoms with Crippen molar-refractivity contribution in [2.24, 2.45) is 0 Å². The van der Waals surface area contributed by atoms with Crippen LogP contribution in [0.15, 0.2) is 71.6 Å². The predicted molar refractivity (Wildman–Crippen MR) is 160 cm³/mol. The molecule has 9 nitrogen and oxygen atoms in total. The molecule has 0 heterocycles. The number of carbonyl (C=O) groups is 2. The first-order valence-electron chi connectivity index (χ1n) is 13.5. The van der Waals surface area contributed by atoms with Crippen molar-refractivity contribution in [1.29, 1.82) is 0 Å². The topological polar surface area (TPSA) is 105 Å². The summed E-state index contributed by atoms with van der Waals surface area (Å²) in [4.78, 5) is 28.5. The lowest BCUT2D eigenvalue weighted by atomic mass is 10.1. The number of rotatable bonds is 13. The molecule has 0 saturated carbocycles. The van der Waals surface area contributed by atoms with Gasteiger partial charge in [-0.15, -0.1) is 0 Å². The van der Waals surface area contributed by atoms with Crippen LogP contribution in [-0.4, -0.2) is 58.5 Å². The third-order valence-corrected chi connectivity index (χ3v) is 8.47. The standard InChI is InChI=1S/C31H39N3O6S/c1-7-17-32-31(36)24(4)33(20-25-9-8-10-26(19-25)39-5)30(35)21-34(28-18-23(3)13-16-29(28)40-6)41(37,38)27-14-11-22(2)12-15-27/h8-16,18-19,24H,7,17,20-21H2,1-6H3,(H,32,36). The first-order chi connectivity index (χ1) is 19.5. The molecule has 3 aromatic carbocycles. The normalized spacial score (nSPS) is 11.9. The molecular formula is C31H39N3O6S. The zero-order valence-corrected chi connectivity index (χ0v) is 25.3. The van der Waals surface area contributed by atoms with Crippen molar-refractivity contribution in [2.45, 2.75) is 51.6 Å². The van der Waals surface area contributed by atoms with Gasteiger partial charge in [0.05, 0.1) is 24.8 Å². The molecule has 220 valence electrons. The smallest absolute Gasteiger partial charge is 0.264 e. The van der Waals surface area contributed by atoms with Gasteiger partial charge in [0.1, 0.15) is 24.1 Å². The molecule has 10 heteroatoms. The Bertz CT molecular complexity index is 1460. The number of hydrogen-bond donors (Lipinski definition) is 1. The Morgan fingerprint density at radius 3 is 2.24 bits per heavy atom. The van der Waals surface area contributed by atoms with E-state index in [1.54, 1.807) is 62.6 Å². The van der Waals surface area contributed by atoms with Gasteiger partial charge in [-0.05, 0) is 74.7 Å². The minimum absolute atomic E-state index is 0.0348. The molecule has 41 heavy (non-hydrogen) atoms. The van der Waals surface area contributed by atoms with Crippen molar-refractivity contribution in [3.05, 3.63) is 83.4 Å². The monoisotopic (exact) mass is 581 g/mol. The number of ether oxygens (including phenoxy) is 2. The van der Waals surface area contributed by atoms with Gasteiger partial charge in [0.15, 0.2) is 0 Å². The van der Waals surface area contributed by atoms with Gasteiger partial charge in [-0.2, -0.15) is 0 Å². The number of benzene rings is 3. The number of anilines is 1. The van der Waals surface area contributed by atoms with Crippen LogP contribution in [0.3, 0.4) is 0 Å². The predicted octanol–water partition coefficient (Wildman–Crippen LogP) is 4.46. The zero-order chi connectivity index (χ0) is 30.2. The highest BCUT2D eigenvalue weighted by atomic mass is 32.2. The van der Waals surface area contributed by atoms with Crippen molar-refractivity contribution < 1.29 is 27.5 Å². The molecule has 2 amide bonds. The molecular weight excluding hydrogens is 542 g/mol. The second kappa shape index (κ2) is 14.0. The van der Waals surface area contributed by atoms with Crippen LogP contribution in [0.1, 0.15) is 37.0 Å². The summed E-state index contributed by atoms with van der Waals surface area (Å²) in [5.41, 5.74) is 2.65. The highest BCUT2D eigenvalue weighted by Crippen LogP contribution is 2.34. The molecule has 0 aliphatic rings. The van der Waals surface area contributed by atoms with Gasteiger partial charge in [-0.3, -0.25) is 13.9 Å². The van der Waals surface area contributed by atoms with E-state index >= 15 is 0 Å². The summed E-state index contributed by atoms with van der Waals surface area (Å²) in [7, 11) is -1.21. The molecule has 3 aromatic rings. The number of sulfonamides is 1. The molecule has 1 N–H and O–H groups in total. The third-order valence-electron chi connectivity index (χ3n) is 6.69. The van der Waals surface area contributed by atoms with Crippen molar-refractivity contribution >= 4 is 27.5 Å². The maximum atomic E-state index is 14.1. The van der Waals surface area contributed by atoms with Crippen LogP contribution in [0.4, 0.5) is 5.69 Å². The molecule has 0 aliphatic carbocycles. The molecule has 0 aliphatic heterocycles. The summed E-state index contributed by atoms with van der Waals surface area (Å²) in [5, 5.41) is 2.84. The Morgan fingerprint density at radius 2 is 1.61 bits per heavy atom. The van der Waals surface area contributed by atoms with E-state index in [9.17, 15) is 18.0 Å². The third kappa shape index (κ3) is 7.79. The van der Waals surface area contributed by atoms with Crippen molar-refractivity contribution in [3.63, 3.8) is 0 Å². The summed E-state index contributed by atoms with van der Waals surface area (Å²) in [5.74, 6) is 0.0219. The van der Waals surface area contributed by atoms with E-state index in [4.69, 9.17) is 9.47 Å². The number of methoxy groups -OCH3 is 2. The molecule has 0 fully saturated rings. The van der Waals surface area contributed by atoms with Gasteiger partial charge in [0, 0.05) is 13.1 Å². The lowest BCUT2D eigenvalue weighted by molar-refractivity contribution is -0.139. The lowest BCUT2D eigenvalue weighted by Gasteiger charge is -2.32. The van der Waals surface area contributed by atoms with Crippen LogP contribution in [0.25, 0.3) is 0 Å². The first-order valence-corrected chi connectivity index (χ1v) is 14.9. The molecule has 1 atom stereocenters. The summed E-state index contributed by atoms with van der Waals surface area (Å²) >= 11 is 0. The Morgan fingerprint density at radius 1 is 0.927 bits per heavy atom. The SMILES string of the molecule is CCCNC(=O)C(C)N(Cc1cccc(OC)c1)C(=O)CN(c1cc(C)ccc1OC)S(=O)(=O)c1ccc(C)cc1. The van der Waals surface area contributed by atoms with Crippen molar-refractivity contribution in [2.75, 3.05) is 31.6 Å². The fraction of sp³-hybridized carbons (Fsp3) is 0.355. The van der Waals surface area contributed by atoms with Gasteiger partial charge in [-0.1, -0.05) is 42.8 Å². The number of carbonyl (C=O) groups excluding carboxylic acids is 2. The van der Waals surface area contributed by atoms with Gasteiger partial charge in [0.25, 0.3) is 10.0 Å². The Labute approximate surface area is 243 Å². The second-order valence-corrected chi connectivity index (χ2v) is 11.7. The molecule has 0 spiro atoms. The molecule has 1 unspecified atom stereocenters. The molecule has 0 aromatic heterocycles. The minimum atomic E-state index is -4.21. The molecule has 0 radical (unpaired) electrons. The fourth-order valence-corrected chi connectivity index (χ4v) is 5.71. The number of hydrogen-bond acceptors (Lipinski definition) is 6. The average Bonchev–Trinajstić information content (AvgIpc) is 2.97. The number of nitrogens with one attached hydrogen (secondary N) is 1. The van der Waals surface area contributed by atoms with E-state index < -0.39 is 28.5 Å². The summed E-state index contributed by atoms with van der Waals surface area (Å²) in [6.45, 7) is 7.24. The number of amides is 2. The maximum absolute atomic E-state index is 14.1. The van der Waals surface area contributed by atoms with E-state index in [1.165, 1.54) is 24.1 Å². The van der Waals surface area contributed by atoms with Crippen molar-refractivity contribution in [1.82, 2.24) is 10.2 Å². The van der Waals surface area contributed by atoms with Gasteiger partial charge in [0.2, 0.25) is 11.8 Å². The largest absolute Gasteiger partial charge is 0.497 e. The molecule has 0 saturated heterocycles. The summed E-state index contributed by atoms with van der Waals surface area (Å²) < 4.78 is 40.1. The van der Waals surface area contributed by atoms with Crippen LogP contribution < -0.4 is 19.1 Å². The number of aryl methyl sites for hydroxylation is 2.